The second kappa shape index (κ2) is 6.36. The Morgan fingerprint density at radius 3 is 2.11 bits per heavy atom. The molecule has 0 radical (unpaired) electrons. The molecule has 3 rings (SSSR count). The molecule has 2 aliphatic rings. The standard InChI is InChI=1S/C16H21BF3NO5S/c1-14(2)15(3,4)26-17(25-14)11-6-7-13(12(10-11)24-16(18,19)20)27(22,23)21-8-5-9-21/h6-7,10H,5,8-9H2,1-4H3. The minimum Gasteiger partial charge on any atom is -0.404 e. The van der Waals surface area contributed by atoms with Gasteiger partial charge in [-0.25, -0.2) is 8.42 Å². The van der Waals surface area contributed by atoms with Crippen molar-refractivity contribution in [2.45, 2.75) is 56.6 Å². The lowest BCUT2D eigenvalue weighted by Gasteiger charge is -2.32. The topological polar surface area (TPSA) is 65.1 Å². The van der Waals surface area contributed by atoms with Gasteiger partial charge < -0.3 is 14.0 Å². The van der Waals surface area contributed by atoms with Gasteiger partial charge in [0.05, 0.1) is 11.2 Å². The van der Waals surface area contributed by atoms with Crippen molar-refractivity contribution in [3.05, 3.63) is 18.2 Å². The van der Waals surface area contributed by atoms with Crippen LogP contribution in [0.25, 0.3) is 0 Å². The molecule has 0 unspecified atom stereocenters. The van der Waals surface area contributed by atoms with Gasteiger partial charge in [-0.3, -0.25) is 0 Å². The summed E-state index contributed by atoms with van der Waals surface area (Å²) in [6.07, 6.45) is -4.37. The maximum atomic E-state index is 12.9. The van der Waals surface area contributed by atoms with E-state index in [0.29, 0.717) is 6.42 Å². The van der Waals surface area contributed by atoms with Gasteiger partial charge in [0.25, 0.3) is 0 Å². The fourth-order valence-electron chi connectivity index (χ4n) is 2.73. The molecule has 0 amide bonds. The molecule has 0 aromatic heterocycles. The summed E-state index contributed by atoms with van der Waals surface area (Å²) < 4.78 is 80.5. The van der Waals surface area contributed by atoms with Crippen molar-refractivity contribution in [2.24, 2.45) is 0 Å². The first kappa shape index (κ1) is 20.4. The van der Waals surface area contributed by atoms with E-state index >= 15 is 0 Å². The summed E-state index contributed by atoms with van der Waals surface area (Å²) in [5, 5.41) is 0. The van der Waals surface area contributed by atoms with E-state index in [9.17, 15) is 21.6 Å². The summed E-state index contributed by atoms with van der Waals surface area (Å²) in [7, 11) is -5.00. The second-order valence-corrected chi connectivity index (χ2v) is 9.51. The van der Waals surface area contributed by atoms with E-state index in [1.165, 1.54) is 6.07 Å². The van der Waals surface area contributed by atoms with Crippen molar-refractivity contribution in [3.8, 4) is 5.75 Å². The Bertz CT molecular complexity index is 821. The Balaban J connectivity index is 2.00. The summed E-state index contributed by atoms with van der Waals surface area (Å²) >= 11 is 0. The lowest BCUT2D eigenvalue weighted by atomic mass is 9.79. The van der Waals surface area contributed by atoms with Gasteiger partial charge in [0.2, 0.25) is 10.0 Å². The van der Waals surface area contributed by atoms with E-state index in [-0.39, 0.29) is 18.6 Å². The average molecular weight is 407 g/mol. The van der Waals surface area contributed by atoms with Crippen LogP contribution in [0.1, 0.15) is 34.1 Å². The van der Waals surface area contributed by atoms with E-state index in [1.54, 1.807) is 0 Å². The third kappa shape index (κ3) is 3.82. The smallest absolute Gasteiger partial charge is 0.404 e. The van der Waals surface area contributed by atoms with Gasteiger partial charge >= 0.3 is 13.5 Å². The molecule has 1 aromatic rings. The number of benzene rings is 1. The molecule has 0 aliphatic carbocycles. The molecule has 2 saturated heterocycles. The van der Waals surface area contributed by atoms with Gasteiger partial charge in [0.1, 0.15) is 10.6 Å². The van der Waals surface area contributed by atoms with Crippen LogP contribution < -0.4 is 10.2 Å². The number of rotatable bonds is 4. The molecular formula is C16H21BF3NO5S. The largest absolute Gasteiger partial charge is 0.573 e. The van der Waals surface area contributed by atoms with Crippen molar-refractivity contribution in [1.29, 1.82) is 0 Å². The third-order valence-electron chi connectivity index (χ3n) is 5.15. The first-order valence-corrected chi connectivity index (χ1v) is 9.92. The van der Waals surface area contributed by atoms with Crippen LogP contribution in [0.5, 0.6) is 5.75 Å². The highest BCUT2D eigenvalue weighted by Gasteiger charge is 2.52. The maximum absolute atomic E-state index is 12.9. The molecule has 0 saturated carbocycles. The zero-order valence-corrected chi connectivity index (χ0v) is 16.3. The molecule has 11 heteroatoms. The number of hydrogen-bond donors (Lipinski definition) is 0. The molecule has 2 fully saturated rings. The highest BCUT2D eigenvalue weighted by Crippen LogP contribution is 2.38. The first-order chi connectivity index (χ1) is 12.2. The van der Waals surface area contributed by atoms with E-state index in [4.69, 9.17) is 9.31 Å². The van der Waals surface area contributed by atoms with Crippen LogP contribution in [0, 0.1) is 0 Å². The molecule has 1 aromatic carbocycles. The molecule has 0 N–H and O–H groups in total. The predicted molar refractivity (Wildman–Crippen MR) is 92.2 cm³/mol. The molecule has 27 heavy (non-hydrogen) atoms. The Hall–Kier alpha value is -1.30. The van der Waals surface area contributed by atoms with Crippen molar-refractivity contribution in [2.75, 3.05) is 13.1 Å². The Labute approximate surface area is 156 Å². The normalized spacial score (nSPS) is 22.6. The number of sulfonamides is 1. The van der Waals surface area contributed by atoms with Gasteiger partial charge in [-0.2, -0.15) is 4.31 Å². The molecule has 150 valence electrons. The van der Waals surface area contributed by atoms with Crippen molar-refractivity contribution in [3.63, 3.8) is 0 Å². The first-order valence-electron chi connectivity index (χ1n) is 8.48. The van der Waals surface area contributed by atoms with Crippen LogP contribution >= 0.6 is 0 Å². The molecule has 2 heterocycles. The highest BCUT2D eigenvalue weighted by molar-refractivity contribution is 7.89. The quantitative estimate of drug-likeness (QED) is 0.717. The zero-order chi connectivity index (χ0) is 20.3. The van der Waals surface area contributed by atoms with Gasteiger partial charge in [0.15, 0.2) is 0 Å². The fourth-order valence-corrected chi connectivity index (χ4v) is 4.35. The van der Waals surface area contributed by atoms with Crippen LogP contribution in [0.3, 0.4) is 0 Å². The lowest BCUT2D eigenvalue weighted by Crippen LogP contribution is -2.42. The van der Waals surface area contributed by atoms with Crippen LogP contribution in [-0.2, 0) is 19.3 Å². The summed E-state index contributed by atoms with van der Waals surface area (Å²) in [6.45, 7) is 7.77. The maximum Gasteiger partial charge on any atom is 0.573 e. The number of alkyl halides is 3. The Morgan fingerprint density at radius 1 is 1.11 bits per heavy atom. The predicted octanol–water partition coefficient (Wildman–Crippen LogP) is 2.28. The second-order valence-electron chi connectivity index (χ2n) is 7.60. The van der Waals surface area contributed by atoms with E-state index < -0.39 is 45.4 Å². The average Bonchev–Trinajstić information content (AvgIpc) is 2.62. The van der Waals surface area contributed by atoms with Crippen LogP contribution in [0.15, 0.2) is 23.1 Å². The SMILES string of the molecule is CC1(C)OB(c2ccc(S(=O)(=O)N3CCC3)c(OC(F)(F)F)c2)OC1(C)C. The lowest BCUT2D eigenvalue weighted by molar-refractivity contribution is -0.275. The van der Waals surface area contributed by atoms with E-state index in [2.05, 4.69) is 4.74 Å². The molecular weight excluding hydrogens is 386 g/mol. The molecule has 0 atom stereocenters. The van der Waals surface area contributed by atoms with Gasteiger partial charge in [-0.05, 0) is 51.7 Å². The van der Waals surface area contributed by atoms with Crippen molar-refractivity contribution in [1.82, 2.24) is 4.31 Å². The van der Waals surface area contributed by atoms with E-state index in [1.807, 2.05) is 27.7 Å². The van der Waals surface area contributed by atoms with Crippen LogP contribution in [-0.4, -0.2) is 50.5 Å². The third-order valence-corrected chi connectivity index (χ3v) is 7.09. The van der Waals surface area contributed by atoms with E-state index in [0.717, 1.165) is 16.4 Å². The van der Waals surface area contributed by atoms with Crippen LogP contribution in [0.2, 0.25) is 0 Å². The summed E-state index contributed by atoms with van der Waals surface area (Å²) in [5.74, 6) is -0.790. The summed E-state index contributed by atoms with van der Waals surface area (Å²) in [6, 6.07) is 3.51. The van der Waals surface area contributed by atoms with Gasteiger partial charge in [-0.1, -0.05) is 6.07 Å². The van der Waals surface area contributed by atoms with Crippen molar-refractivity contribution >= 4 is 22.6 Å². The molecule has 2 aliphatic heterocycles. The van der Waals surface area contributed by atoms with Gasteiger partial charge in [0, 0.05) is 13.1 Å². The highest BCUT2D eigenvalue weighted by atomic mass is 32.2. The number of ether oxygens (including phenoxy) is 1. The zero-order valence-electron chi connectivity index (χ0n) is 15.5. The number of halogens is 3. The summed E-state index contributed by atoms with van der Waals surface area (Å²) in [5.41, 5.74) is -1.13. The fraction of sp³-hybridized carbons (Fsp3) is 0.625. The number of nitrogens with zero attached hydrogens (tertiary/aromatic N) is 1. The minimum absolute atomic E-state index is 0.246. The van der Waals surface area contributed by atoms with Crippen molar-refractivity contribution < 1.29 is 35.6 Å². The molecule has 0 bridgehead atoms. The van der Waals surface area contributed by atoms with Gasteiger partial charge in [-0.15, -0.1) is 13.2 Å². The Morgan fingerprint density at radius 2 is 1.67 bits per heavy atom. The Kier molecular flexibility index (Phi) is 4.82. The number of hydrogen-bond acceptors (Lipinski definition) is 5. The summed E-state index contributed by atoms with van der Waals surface area (Å²) in [4.78, 5) is -0.528. The monoisotopic (exact) mass is 407 g/mol. The molecule has 6 nitrogen and oxygen atoms in total. The minimum atomic E-state index is -5.03. The molecule has 0 spiro atoms. The van der Waals surface area contributed by atoms with Crippen LogP contribution in [0.4, 0.5) is 13.2 Å².